The second-order valence-corrected chi connectivity index (χ2v) is 7.05. The molecule has 23 heavy (non-hydrogen) atoms. The Morgan fingerprint density at radius 2 is 1.57 bits per heavy atom. The Bertz CT molecular complexity index is 774. The highest BCUT2D eigenvalue weighted by atomic mass is 32.3. The third kappa shape index (κ3) is 3.83. The van der Waals surface area contributed by atoms with Crippen LogP contribution < -0.4 is 9.46 Å². The van der Waals surface area contributed by atoms with Crippen LogP contribution in [0, 0.1) is 0 Å². The van der Waals surface area contributed by atoms with Crippen molar-refractivity contribution >= 4 is 29.1 Å². The van der Waals surface area contributed by atoms with Gasteiger partial charge >= 0.3 is 0 Å². The van der Waals surface area contributed by atoms with Crippen LogP contribution in [0.25, 0.3) is 0 Å². The van der Waals surface area contributed by atoms with Gasteiger partial charge in [-0.15, -0.1) is 12.6 Å². The molecule has 2 aromatic carbocycles. The molecule has 0 unspecified atom stereocenters. The lowest BCUT2D eigenvalue weighted by molar-refractivity contribution is 0.480. The van der Waals surface area contributed by atoms with Gasteiger partial charge in [0.2, 0.25) is 0 Å². The molecule has 0 aliphatic rings. The van der Waals surface area contributed by atoms with Crippen LogP contribution in [0.2, 0.25) is 0 Å². The molecule has 0 spiro atoms. The van der Waals surface area contributed by atoms with Crippen molar-refractivity contribution in [1.82, 2.24) is 4.98 Å². The lowest BCUT2D eigenvalue weighted by Gasteiger charge is -2.33. The largest absolute Gasteiger partial charge is 0.457 e. The number of para-hydroxylation sites is 1. The van der Waals surface area contributed by atoms with Crippen LogP contribution in [0.3, 0.4) is 0 Å². The Morgan fingerprint density at radius 3 is 2.17 bits per heavy atom. The molecule has 0 radical (unpaired) electrons. The quantitative estimate of drug-likeness (QED) is 0.409. The number of hydrogen-bond acceptors (Lipinski definition) is 5. The third-order valence-corrected chi connectivity index (χ3v) is 4.91. The first kappa shape index (κ1) is 15.8. The van der Waals surface area contributed by atoms with Gasteiger partial charge in [-0.1, -0.05) is 29.0 Å². The minimum atomic E-state index is -3.17. The van der Waals surface area contributed by atoms with Crippen LogP contribution in [0.15, 0.2) is 76.8 Å². The van der Waals surface area contributed by atoms with E-state index in [1.54, 1.807) is 36.7 Å². The number of rotatable bonds is 5. The Labute approximate surface area is 141 Å². The van der Waals surface area contributed by atoms with E-state index in [0.717, 1.165) is 5.75 Å². The maximum absolute atomic E-state index is 10.3. The molecule has 1 aromatic heterocycles. The molecular weight excluding hydrogens is 332 g/mol. The molecule has 3 aromatic rings. The van der Waals surface area contributed by atoms with Crippen molar-refractivity contribution < 1.29 is 13.8 Å². The van der Waals surface area contributed by atoms with E-state index < -0.39 is 10.8 Å². The molecule has 0 aliphatic carbocycles. The van der Waals surface area contributed by atoms with Crippen molar-refractivity contribution in [3.63, 3.8) is 0 Å². The van der Waals surface area contributed by atoms with Crippen molar-refractivity contribution in [3.05, 3.63) is 67.0 Å². The number of H-pyrrole nitrogens is 1. The first-order valence-corrected chi connectivity index (χ1v) is 8.79. The number of thiol groups is 1. The van der Waals surface area contributed by atoms with Crippen LogP contribution >= 0.6 is 23.4 Å². The van der Waals surface area contributed by atoms with Crippen LogP contribution in [-0.4, -0.2) is 14.1 Å². The first-order valence-electron chi connectivity index (χ1n) is 6.79. The highest BCUT2D eigenvalue weighted by molar-refractivity contribution is 8.25. The molecule has 1 heterocycles. The topological polar surface area (TPSA) is 77.5 Å². The minimum absolute atomic E-state index is 0.367. The van der Waals surface area contributed by atoms with Gasteiger partial charge in [-0.3, -0.25) is 13.8 Å². The summed E-state index contributed by atoms with van der Waals surface area (Å²) < 4.78 is 29.0. The van der Waals surface area contributed by atoms with Gasteiger partial charge in [0.15, 0.2) is 0 Å². The van der Waals surface area contributed by atoms with Gasteiger partial charge in [0, 0.05) is 17.3 Å². The molecule has 0 saturated heterocycles. The maximum atomic E-state index is 10.3. The highest BCUT2D eigenvalue weighted by Crippen LogP contribution is 2.49. The zero-order valence-corrected chi connectivity index (χ0v) is 13.7. The molecule has 0 aliphatic heterocycles. The smallest absolute Gasteiger partial charge is 0.127 e. The number of hydrogen-bond donors (Lipinski definition) is 5. The van der Waals surface area contributed by atoms with Crippen LogP contribution in [-0.2, 0) is 0 Å². The van der Waals surface area contributed by atoms with E-state index in [4.69, 9.17) is 4.74 Å². The lowest BCUT2D eigenvalue weighted by atomic mass is 10.3. The summed E-state index contributed by atoms with van der Waals surface area (Å²) in [6.45, 7) is 0. The molecule has 0 saturated carbocycles. The number of aromatic amines is 1. The molecule has 0 fully saturated rings. The fourth-order valence-electron chi connectivity index (χ4n) is 1.97. The first-order chi connectivity index (χ1) is 11.0. The molecule has 7 heteroatoms. The summed E-state index contributed by atoms with van der Waals surface area (Å²) in [5, 5.41) is 0. The van der Waals surface area contributed by atoms with E-state index in [1.165, 1.54) is 0 Å². The Kier molecular flexibility index (Phi) is 4.53. The summed E-state index contributed by atoms with van der Waals surface area (Å²) >= 11 is 4.22. The second-order valence-electron chi connectivity index (χ2n) is 4.79. The summed E-state index contributed by atoms with van der Waals surface area (Å²) in [5.74, 6) is 1.34. The van der Waals surface area contributed by atoms with Crippen molar-refractivity contribution in [2.75, 3.05) is 4.72 Å². The van der Waals surface area contributed by atoms with Gasteiger partial charge < -0.3 is 9.72 Å². The third-order valence-electron chi connectivity index (χ3n) is 3.11. The van der Waals surface area contributed by atoms with Crippen molar-refractivity contribution in [3.8, 4) is 11.5 Å². The Balaban J connectivity index is 1.74. The van der Waals surface area contributed by atoms with E-state index >= 15 is 0 Å². The molecule has 0 bridgehead atoms. The summed E-state index contributed by atoms with van der Waals surface area (Å²) in [7, 11) is -3.17. The number of aromatic nitrogens is 1. The predicted octanol–water partition coefficient (Wildman–Crippen LogP) is 5.23. The summed E-state index contributed by atoms with van der Waals surface area (Å²) in [6, 6.07) is 16.0. The zero-order valence-electron chi connectivity index (χ0n) is 12.0. The second kappa shape index (κ2) is 6.59. The monoisotopic (exact) mass is 348 g/mol. The van der Waals surface area contributed by atoms with Crippen LogP contribution in [0.4, 0.5) is 5.69 Å². The SMILES string of the molecule is OS(O)(Nc1c[nH]cc1S)c1ccc(Oc2ccccc2)cc1. The molecule has 4 N–H and O–H groups in total. The molecule has 120 valence electrons. The van der Waals surface area contributed by atoms with Gasteiger partial charge in [0.25, 0.3) is 0 Å². The Hall–Kier alpha value is -2.06. The van der Waals surface area contributed by atoms with E-state index in [2.05, 4.69) is 22.3 Å². The Morgan fingerprint density at radius 1 is 0.913 bits per heavy atom. The van der Waals surface area contributed by atoms with Gasteiger partial charge in [0.05, 0.1) is 10.6 Å². The van der Waals surface area contributed by atoms with E-state index in [9.17, 15) is 9.11 Å². The van der Waals surface area contributed by atoms with Crippen LogP contribution in [0.1, 0.15) is 0 Å². The van der Waals surface area contributed by atoms with Gasteiger partial charge in [-0.25, -0.2) is 0 Å². The number of benzene rings is 2. The molecule has 3 rings (SSSR count). The van der Waals surface area contributed by atoms with E-state index in [-0.39, 0.29) is 0 Å². The number of ether oxygens (including phenoxy) is 1. The number of nitrogens with one attached hydrogen (secondary N) is 2. The van der Waals surface area contributed by atoms with Crippen molar-refractivity contribution in [2.45, 2.75) is 9.79 Å². The fourth-order valence-corrected chi connectivity index (χ4v) is 3.35. The zero-order chi connectivity index (χ0) is 16.3. The van der Waals surface area contributed by atoms with Crippen molar-refractivity contribution in [2.24, 2.45) is 0 Å². The van der Waals surface area contributed by atoms with Gasteiger partial charge in [-0.2, -0.15) is 0 Å². The molecule has 0 amide bonds. The standard InChI is InChI=1S/C16H16N2O3S2/c19-23(20,18-15-10-17-11-16(15)22)14-8-6-13(7-9-14)21-12-4-2-1-3-5-12/h1-11,17-20,22H. The molecular formula is C16H16N2O3S2. The van der Waals surface area contributed by atoms with Crippen LogP contribution in [0.5, 0.6) is 11.5 Å². The van der Waals surface area contributed by atoms with Gasteiger partial charge in [0.1, 0.15) is 11.5 Å². The maximum Gasteiger partial charge on any atom is 0.127 e. The predicted molar refractivity (Wildman–Crippen MR) is 95.7 cm³/mol. The summed E-state index contributed by atoms with van der Waals surface area (Å²) in [5.41, 5.74) is 0.526. The summed E-state index contributed by atoms with van der Waals surface area (Å²) in [4.78, 5) is 3.81. The average molecular weight is 348 g/mol. The van der Waals surface area contributed by atoms with Gasteiger partial charge in [-0.05, 0) is 36.4 Å². The fraction of sp³-hybridized carbons (Fsp3) is 0. The molecule has 5 nitrogen and oxygen atoms in total. The minimum Gasteiger partial charge on any atom is -0.457 e. The van der Waals surface area contributed by atoms with E-state index in [1.807, 2.05) is 30.3 Å². The highest BCUT2D eigenvalue weighted by Gasteiger charge is 2.17. The van der Waals surface area contributed by atoms with E-state index in [0.29, 0.717) is 21.2 Å². The average Bonchev–Trinajstić information content (AvgIpc) is 2.93. The lowest BCUT2D eigenvalue weighted by Crippen LogP contribution is -2.09. The summed E-state index contributed by atoms with van der Waals surface area (Å²) in [6.07, 6.45) is 3.27. The molecule has 0 atom stereocenters. The normalized spacial score (nSPS) is 12.0. The van der Waals surface area contributed by atoms with Crippen molar-refractivity contribution in [1.29, 1.82) is 0 Å². The number of anilines is 1.